The Labute approximate surface area is 215 Å². The van der Waals surface area contributed by atoms with Crippen LogP contribution in [0.3, 0.4) is 0 Å². The van der Waals surface area contributed by atoms with Crippen LogP contribution >= 0.6 is 0 Å². The minimum absolute atomic E-state index is 0.0171. The number of likely N-dealkylation sites (tertiary alicyclic amines) is 1. The lowest BCUT2D eigenvalue weighted by Crippen LogP contribution is -2.60. The van der Waals surface area contributed by atoms with E-state index in [1.54, 1.807) is 6.92 Å². The van der Waals surface area contributed by atoms with Crippen LogP contribution in [0, 0.1) is 0 Å². The third kappa shape index (κ3) is 5.19. The summed E-state index contributed by atoms with van der Waals surface area (Å²) in [7, 11) is 1.95. The van der Waals surface area contributed by atoms with Gasteiger partial charge >= 0.3 is 12.0 Å². The Kier molecular flexibility index (Phi) is 8.13. The minimum atomic E-state index is -0.924. The Hall–Kier alpha value is -2.74. The summed E-state index contributed by atoms with van der Waals surface area (Å²) in [4.78, 5) is 28.9. The highest BCUT2D eigenvalue weighted by Gasteiger charge is 2.47. The van der Waals surface area contributed by atoms with Gasteiger partial charge in [-0.3, -0.25) is 0 Å². The van der Waals surface area contributed by atoms with Crippen molar-refractivity contribution in [2.45, 2.75) is 58.7 Å². The molecular formula is C29H41N4O3+. The van der Waals surface area contributed by atoms with Crippen LogP contribution in [0.4, 0.5) is 10.5 Å². The molecule has 0 radical (unpaired) electrons. The van der Waals surface area contributed by atoms with Gasteiger partial charge in [0.15, 0.2) is 0 Å². The van der Waals surface area contributed by atoms with E-state index in [1.807, 2.05) is 27.0 Å². The van der Waals surface area contributed by atoms with Crippen LogP contribution in [-0.2, 0) is 11.3 Å². The van der Waals surface area contributed by atoms with Gasteiger partial charge in [-0.15, -0.1) is 0 Å². The number of hydrogen-bond acceptors (Lipinski definition) is 4. The average molecular weight is 494 g/mol. The summed E-state index contributed by atoms with van der Waals surface area (Å²) in [6, 6.07) is 14.5. The molecule has 0 spiro atoms. The molecule has 0 aliphatic carbocycles. The fourth-order valence-electron chi connectivity index (χ4n) is 5.88. The van der Waals surface area contributed by atoms with Crippen LogP contribution in [0.15, 0.2) is 42.5 Å². The Balaban J connectivity index is 1.56. The van der Waals surface area contributed by atoms with Gasteiger partial charge in [-0.1, -0.05) is 24.3 Å². The molecule has 2 amide bonds. The number of nitrogens with zero attached hydrogens (tertiary/aromatic N) is 3. The maximum atomic E-state index is 12.8. The molecule has 0 aromatic heterocycles. The normalized spacial score (nSPS) is 23.9. The summed E-state index contributed by atoms with van der Waals surface area (Å²) >= 11 is 0. The molecule has 1 saturated heterocycles. The van der Waals surface area contributed by atoms with E-state index in [9.17, 15) is 14.7 Å². The van der Waals surface area contributed by atoms with Crippen molar-refractivity contribution in [3.8, 4) is 11.1 Å². The molecule has 1 unspecified atom stereocenters. The fraction of sp³-hybridized carbons (Fsp3) is 0.517. The summed E-state index contributed by atoms with van der Waals surface area (Å²) < 4.78 is 0.186. The Morgan fingerprint density at radius 1 is 1.11 bits per heavy atom. The molecule has 3 atom stereocenters. The second-order valence-electron chi connectivity index (χ2n) is 10.5. The van der Waals surface area contributed by atoms with E-state index in [0.29, 0.717) is 13.0 Å². The van der Waals surface area contributed by atoms with Crippen molar-refractivity contribution in [3.05, 3.63) is 53.6 Å². The third-order valence-electron chi connectivity index (χ3n) is 8.37. The molecule has 7 heteroatoms. The third-order valence-corrected chi connectivity index (χ3v) is 8.37. The first-order valence-corrected chi connectivity index (χ1v) is 13.3. The minimum Gasteiger partial charge on any atom is -0.465 e. The van der Waals surface area contributed by atoms with E-state index in [0.717, 1.165) is 42.0 Å². The van der Waals surface area contributed by atoms with Crippen molar-refractivity contribution in [2.75, 3.05) is 39.8 Å². The molecule has 194 valence electrons. The summed E-state index contributed by atoms with van der Waals surface area (Å²) in [6.45, 7) is 11.3. The first kappa shape index (κ1) is 26.3. The van der Waals surface area contributed by atoms with Crippen LogP contribution in [-0.4, -0.2) is 72.7 Å². The van der Waals surface area contributed by atoms with E-state index in [2.05, 4.69) is 46.6 Å². The quantitative estimate of drug-likeness (QED) is 0.406. The van der Waals surface area contributed by atoms with E-state index in [-0.39, 0.29) is 22.5 Å². The zero-order valence-corrected chi connectivity index (χ0v) is 22.2. The predicted octanol–water partition coefficient (Wildman–Crippen LogP) is 4.86. The van der Waals surface area contributed by atoms with Gasteiger partial charge < -0.3 is 20.2 Å². The van der Waals surface area contributed by atoms with E-state index in [1.165, 1.54) is 36.4 Å². The summed E-state index contributed by atoms with van der Waals surface area (Å²) in [6.07, 6.45) is 2.33. The number of nitrogens with one attached hydrogen (secondary N) is 1. The van der Waals surface area contributed by atoms with Crippen molar-refractivity contribution >= 4 is 17.7 Å². The molecule has 2 aliphatic heterocycles. The largest absolute Gasteiger partial charge is 0.465 e. The molecule has 4 rings (SSSR count). The number of amides is 2. The zero-order chi connectivity index (χ0) is 25.9. The second-order valence-corrected chi connectivity index (χ2v) is 10.5. The molecule has 7 nitrogen and oxygen atoms in total. The highest BCUT2D eigenvalue weighted by Crippen LogP contribution is 2.45. The van der Waals surface area contributed by atoms with E-state index < -0.39 is 6.09 Å². The van der Waals surface area contributed by atoms with Gasteiger partial charge in [0.25, 0.3) is 0 Å². The van der Waals surface area contributed by atoms with Gasteiger partial charge in [-0.05, 0) is 68.6 Å². The maximum absolute atomic E-state index is 12.8. The molecule has 0 bridgehead atoms. The number of benzene rings is 2. The lowest BCUT2D eigenvalue weighted by molar-refractivity contribution is -0.129. The first-order valence-electron chi connectivity index (χ1n) is 13.3. The van der Waals surface area contributed by atoms with Crippen molar-refractivity contribution in [2.24, 2.45) is 0 Å². The Bertz CT molecular complexity index is 1080. The molecule has 2 heterocycles. The Morgan fingerprint density at radius 3 is 2.39 bits per heavy atom. The van der Waals surface area contributed by atoms with Gasteiger partial charge in [0.2, 0.25) is 0 Å². The average Bonchev–Trinajstić information content (AvgIpc) is 3.38. The number of fused-ring (bicyclic) bond motifs is 1. The summed E-state index contributed by atoms with van der Waals surface area (Å²) in [5.74, 6) is 0.0647. The SMILES string of the molecule is CCN(C(=O)O)C1C[C@H](C)[N@+](C)(C(C)=O)c2ccc(-c3ccc(CNCCN4CCCC4)cc3)cc21. The monoisotopic (exact) mass is 493 g/mol. The molecule has 0 saturated carbocycles. The van der Waals surface area contributed by atoms with Crippen molar-refractivity contribution < 1.29 is 14.7 Å². The van der Waals surface area contributed by atoms with Crippen LogP contribution in [0.25, 0.3) is 11.1 Å². The number of carbonyl (C=O) groups is 2. The van der Waals surface area contributed by atoms with Gasteiger partial charge in [0, 0.05) is 44.2 Å². The predicted molar refractivity (Wildman–Crippen MR) is 145 cm³/mol. The van der Waals surface area contributed by atoms with Gasteiger partial charge in [-0.2, -0.15) is 0 Å². The zero-order valence-electron chi connectivity index (χ0n) is 22.2. The van der Waals surface area contributed by atoms with E-state index >= 15 is 0 Å². The fourth-order valence-corrected chi connectivity index (χ4v) is 5.88. The van der Waals surface area contributed by atoms with Gasteiger partial charge in [0.1, 0.15) is 5.69 Å². The van der Waals surface area contributed by atoms with Crippen LogP contribution in [0.2, 0.25) is 0 Å². The van der Waals surface area contributed by atoms with Crippen molar-refractivity contribution in [3.63, 3.8) is 0 Å². The van der Waals surface area contributed by atoms with Gasteiger partial charge in [-0.25, -0.2) is 14.1 Å². The highest BCUT2D eigenvalue weighted by molar-refractivity contribution is 5.89. The number of hydrogen-bond donors (Lipinski definition) is 2. The topological polar surface area (TPSA) is 72.9 Å². The molecule has 1 fully saturated rings. The number of carboxylic acid groups (broad SMARTS) is 1. The highest BCUT2D eigenvalue weighted by atomic mass is 16.4. The van der Waals surface area contributed by atoms with Crippen molar-refractivity contribution in [1.82, 2.24) is 19.6 Å². The Morgan fingerprint density at radius 2 is 1.78 bits per heavy atom. The number of quaternary nitrogens is 1. The number of carbonyl (C=O) groups excluding carboxylic acids is 1. The van der Waals surface area contributed by atoms with E-state index in [4.69, 9.17) is 0 Å². The number of rotatable bonds is 8. The smallest absolute Gasteiger partial charge is 0.407 e. The molecule has 2 aromatic carbocycles. The summed E-state index contributed by atoms with van der Waals surface area (Å²) in [5.41, 5.74) is 5.20. The molecule has 36 heavy (non-hydrogen) atoms. The van der Waals surface area contributed by atoms with Crippen LogP contribution in [0.5, 0.6) is 0 Å². The van der Waals surface area contributed by atoms with Crippen LogP contribution < -0.4 is 9.80 Å². The molecular weight excluding hydrogens is 452 g/mol. The molecule has 2 aromatic rings. The lowest BCUT2D eigenvalue weighted by atomic mass is 9.86. The van der Waals surface area contributed by atoms with Crippen molar-refractivity contribution in [1.29, 1.82) is 0 Å². The first-order chi connectivity index (χ1) is 17.3. The van der Waals surface area contributed by atoms with Gasteiger partial charge in [0.05, 0.1) is 26.1 Å². The molecule has 2 N–H and O–H groups in total. The van der Waals surface area contributed by atoms with Crippen LogP contribution in [0.1, 0.15) is 57.2 Å². The maximum Gasteiger partial charge on any atom is 0.407 e. The second kappa shape index (κ2) is 11.1. The standard InChI is InChI=1S/C29H40N4O3/c1-5-32(29(35)36)27-18-21(2)33(4,22(3)34)28-13-12-25(19-26(27)28)24-10-8-23(9-11-24)20-30-14-17-31-15-6-7-16-31/h8-13,19,21,27,30H,5-7,14-18,20H2,1-4H3/p+1/t21-,27?,33+/m0/s1. The lowest BCUT2D eigenvalue weighted by Gasteiger charge is -2.45. The summed E-state index contributed by atoms with van der Waals surface area (Å²) in [5, 5.41) is 13.4. The molecule has 2 aliphatic rings.